The van der Waals surface area contributed by atoms with Gasteiger partial charge in [0.05, 0.1) is 25.1 Å². The SMILES string of the molecule is CNc1cc(Nc2cc(C)ccc2OC)nc2c(NC(=O)NCC#N)cnn12. The molecule has 0 spiro atoms. The van der Waals surface area contributed by atoms with Gasteiger partial charge in [0.25, 0.3) is 0 Å². The van der Waals surface area contributed by atoms with E-state index >= 15 is 0 Å². The minimum absolute atomic E-state index is 0.0970. The van der Waals surface area contributed by atoms with Gasteiger partial charge in [0.1, 0.15) is 29.6 Å². The number of anilines is 4. The molecule has 0 atom stereocenters. The number of hydrogen-bond acceptors (Lipinski definition) is 7. The van der Waals surface area contributed by atoms with Crippen LogP contribution in [-0.4, -0.2) is 41.3 Å². The standard InChI is InChI=1S/C18H20N8O2/c1-11-4-5-14(28-3)12(8-11)23-15-9-16(20-2)26-17(25-15)13(10-22-26)24-18(27)21-7-6-19/h4-5,8-10,20H,7H2,1-3H3,(H,23,25)(H2,21,24,27). The van der Waals surface area contributed by atoms with Crippen LogP contribution in [0.4, 0.5) is 27.8 Å². The first-order chi connectivity index (χ1) is 13.5. The van der Waals surface area contributed by atoms with E-state index in [9.17, 15) is 4.79 Å². The Hall–Kier alpha value is -4.00. The second-order valence-electron chi connectivity index (χ2n) is 5.86. The van der Waals surface area contributed by atoms with E-state index in [1.54, 1.807) is 24.7 Å². The number of benzene rings is 1. The van der Waals surface area contributed by atoms with Crippen LogP contribution in [0.2, 0.25) is 0 Å². The van der Waals surface area contributed by atoms with Gasteiger partial charge in [-0.1, -0.05) is 6.07 Å². The lowest BCUT2D eigenvalue weighted by atomic mass is 10.2. The van der Waals surface area contributed by atoms with Crippen LogP contribution in [0.1, 0.15) is 5.56 Å². The molecule has 4 N–H and O–H groups in total. The van der Waals surface area contributed by atoms with Crippen LogP contribution in [0, 0.1) is 18.3 Å². The highest BCUT2D eigenvalue weighted by Crippen LogP contribution is 2.30. The Labute approximate surface area is 161 Å². The van der Waals surface area contributed by atoms with Gasteiger partial charge in [-0.05, 0) is 24.6 Å². The molecule has 0 unspecified atom stereocenters. The van der Waals surface area contributed by atoms with Crippen LogP contribution >= 0.6 is 0 Å². The molecule has 0 aliphatic heterocycles. The number of hydrogen-bond donors (Lipinski definition) is 4. The van der Waals surface area contributed by atoms with Gasteiger partial charge in [-0.3, -0.25) is 0 Å². The number of urea groups is 1. The third-order valence-electron chi connectivity index (χ3n) is 3.92. The molecule has 3 aromatic rings. The maximum atomic E-state index is 11.9. The molecule has 1 aromatic carbocycles. The third kappa shape index (κ3) is 3.88. The number of aryl methyl sites for hydroxylation is 1. The van der Waals surface area contributed by atoms with E-state index in [2.05, 4.69) is 31.3 Å². The van der Waals surface area contributed by atoms with Crippen LogP contribution in [0.15, 0.2) is 30.5 Å². The molecule has 0 bridgehead atoms. The summed E-state index contributed by atoms with van der Waals surface area (Å²) in [6, 6.07) is 8.91. The number of carbonyl (C=O) groups is 1. The fourth-order valence-corrected chi connectivity index (χ4v) is 2.64. The molecule has 2 amide bonds. The molecule has 2 aromatic heterocycles. The summed E-state index contributed by atoms with van der Waals surface area (Å²) in [5.74, 6) is 1.90. The molecule has 0 radical (unpaired) electrons. The number of fused-ring (bicyclic) bond motifs is 1. The summed E-state index contributed by atoms with van der Waals surface area (Å²) in [4.78, 5) is 16.4. The second kappa shape index (κ2) is 8.13. The second-order valence-corrected chi connectivity index (χ2v) is 5.86. The monoisotopic (exact) mass is 380 g/mol. The van der Waals surface area contributed by atoms with E-state index in [0.717, 1.165) is 11.3 Å². The van der Waals surface area contributed by atoms with Gasteiger partial charge in [-0.25, -0.2) is 9.78 Å². The van der Waals surface area contributed by atoms with Gasteiger partial charge in [0.15, 0.2) is 5.65 Å². The average Bonchev–Trinajstić information content (AvgIpc) is 3.08. The Balaban J connectivity index is 1.98. The van der Waals surface area contributed by atoms with Crippen molar-refractivity contribution in [1.82, 2.24) is 19.9 Å². The molecule has 2 heterocycles. The highest BCUT2D eigenvalue weighted by atomic mass is 16.5. The summed E-state index contributed by atoms with van der Waals surface area (Å²) in [7, 11) is 3.37. The lowest BCUT2D eigenvalue weighted by Gasteiger charge is -2.13. The van der Waals surface area contributed by atoms with Crippen molar-refractivity contribution >= 4 is 34.7 Å². The van der Waals surface area contributed by atoms with Crippen molar-refractivity contribution in [1.29, 1.82) is 5.26 Å². The summed E-state index contributed by atoms with van der Waals surface area (Å²) in [5, 5.41) is 24.2. The minimum Gasteiger partial charge on any atom is -0.495 e. The summed E-state index contributed by atoms with van der Waals surface area (Å²) in [5.41, 5.74) is 2.68. The predicted octanol–water partition coefficient (Wildman–Crippen LogP) is 2.48. The van der Waals surface area contributed by atoms with E-state index in [1.807, 2.05) is 31.2 Å². The van der Waals surface area contributed by atoms with Crippen molar-refractivity contribution in [2.75, 3.05) is 36.7 Å². The lowest BCUT2D eigenvalue weighted by molar-refractivity contribution is 0.253. The summed E-state index contributed by atoms with van der Waals surface area (Å²) in [6.07, 6.45) is 1.49. The van der Waals surface area contributed by atoms with Crippen molar-refractivity contribution in [2.24, 2.45) is 0 Å². The smallest absolute Gasteiger partial charge is 0.320 e. The maximum absolute atomic E-state index is 11.9. The molecule has 0 aliphatic rings. The molecule has 0 saturated carbocycles. The zero-order chi connectivity index (χ0) is 20.1. The van der Waals surface area contributed by atoms with Gasteiger partial charge in [-0.2, -0.15) is 14.9 Å². The van der Waals surface area contributed by atoms with Crippen molar-refractivity contribution in [3.05, 3.63) is 36.0 Å². The lowest BCUT2D eigenvalue weighted by Crippen LogP contribution is -2.28. The van der Waals surface area contributed by atoms with Crippen LogP contribution < -0.4 is 26.0 Å². The molecule has 28 heavy (non-hydrogen) atoms. The van der Waals surface area contributed by atoms with E-state index in [-0.39, 0.29) is 6.54 Å². The van der Waals surface area contributed by atoms with Gasteiger partial charge in [-0.15, -0.1) is 0 Å². The van der Waals surface area contributed by atoms with E-state index in [1.165, 1.54) is 6.20 Å². The molecular weight excluding hydrogens is 360 g/mol. The number of aromatic nitrogens is 3. The third-order valence-corrected chi connectivity index (χ3v) is 3.92. The number of nitriles is 1. The first-order valence-corrected chi connectivity index (χ1v) is 8.45. The van der Waals surface area contributed by atoms with Crippen LogP contribution in [-0.2, 0) is 0 Å². The summed E-state index contributed by atoms with van der Waals surface area (Å²) < 4.78 is 6.97. The first-order valence-electron chi connectivity index (χ1n) is 8.45. The Morgan fingerprint density at radius 2 is 2.14 bits per heavy atom. The minimum atomic E-state index is -0.511. The van der Waals surface area contributed by atoms with Gasteiger partial charge >= 0.3 is 6.03 Å². The zero-order valence-corrected chi connectivity index (χ0v) is 15.7. The molecule has 10 heteroatoms. The number of amides is 2. The average molecular weight is 380 g/mol. The van der Waals surface area contributed by atoms with Crippen molar-refractivity contribution in [3.63, 3.8) is 0 Å². The quantitative estimate of drug-likeness (QED) is 0.484. The Kier molecular flexibility index (Phi) is 5.45. The number of rotatable bonds is 6. The summed E-state index contributed by atoms with van der Waals surface area (Å²) in [6.45, 7) is 1.89. The molecule has 0 fully saturated rings. The van der Waals surface area contributed by atoms with E-state index in [0.29, 0.717) is 28.7 Å². The molecule has 0 aliphatic carbocycles. The number of ether oxygens (including phenoxy) is 1. The fraction of sp³-hybridized carbons (Fsp3) is 0.222. The van der Waals surface area contributed by atoms with Gasteiger partial charge < -0.3 is 26.0 Å². The van der Waals surface area contributed by atoms with Crippen molar-refractivity contribution in [2.45, 2.75) is 6.92 Å². The maximum Gasteiger partial charge on any atom is 0.320 e. The number of nitrogens with zero attached hydrogens (tertiary/aromatic N) is 4. The van der Waals surface area contributed by atoms with Crippen molar-refractivity contribution < 1.29 is 9.53 Å². The van der Waals surface area contributed by atoms with Crippen LogP contribution in [0.5, 0.6) is 5.75 Å². The predicted molar refractivity (Wildman–Crippen MR) is 106 cm³/mol. The Morgan fingerprint density at radius 1 is 1.32 bits per heavy atom. The molecule has 3 rings (SSSR count). The zero-order valence-electron chi connectivity index (χ0n) is 15.7. The highest BCUT2D eigenvalue weighted by Gasteiger charge is 2.14. The largest absolute Gasteiger partial charge is 0.495 e. The molecular formula is C18H20N8O2. The fourth-order valence-electron chi connectivity index (χ4n) is 2.64. The van der Waals surface area contributed by atoms with E-state index in [4.69, 9.17) is 10.00 Å². The molecule has 10 nitrogen and oxygen atoms in total. The number of methoxy groups -OCH3 is 1. The van der Waals surface area contributed by atoms with E-state index < -0.39 is 6.03 Å². The van der Waals surface area contributed by atoms with Gasteiger partial charge in [0.2, 0.25) is 0 Å². The number of carbonyl (C=O) groups excluding carboxylic acids is 1. The Morgan fingerprint density at radius 3 is 2.86 bits per heavy atom. The van der Waals surface area contributed by atoms with Crippen molar-refractivity contribution in [3.8, 4) is 11.8 Å². The Bertz CT molecular complexity index is 1050. The number of nitrogens with one attached hydrogen (secondary N) is 4. The highest BCUT2D eigenvalue weighted by molar-refractivity contribution is 5.93. The topological polar surface area (TPSA) is 128 Å². The van der Waals surface area contributed by atoms with Gasteiger partial charge in [0, 0.05) is 13.1 Å². The molecule has 0 saturated heterocycles. The van der Waals surface area contributed by atoms with Crippen LogP contribution in [0.25, 0.3) is 5.65 Å². The first kappa shape index (κ1) is 18.8. The summed E-state index contributed by atoms with van der Waals surface area (Å²) >= 11 is 0. The molecule has 144 valence electrons. The normalized spacial score (nSPS) is 10.2. The van der Waals surface area contributed by atoms with Crippen LogP contribution in [0.3, 0.4) is 0 Å².